The lowest BCUT2D eigenvalue weighted by atomic mass is 10.4. The van der Waals surface area contributed by atoms with Gasteiger partial charge in [-0.2, -0.15) is 0 Å². The minimum absolute atomic E-state index is 0.905. The molecule has 1 aliphatic rings. The molecular weight excluding hydrogens is 216 g/mol. The molecule has 0 aliphatic heterocycles. The van der Waals surface area contributed by atoms with Crippen LogP contribution in [0.25, 0.3) is 0 Å². The highest BCUT2D eigenvalue weighted by Gasteiger charge is 2.27. The normalized spacial score (nSPS) is 17.8. The molecule has 0 saturated heterocycles. The van der Waals surface area contributed by atoms with Gasteiger partial charge in [0, 0.05) is 31.0 Å². The van der Waals surface area contributed by atoms with Crippen molar-refractivity contribution in [2.45, 2.75) is 18.9 Å². The second-order valence-electron chi connectivity index (χ2n) is 3.76. The Bertz CT molecular complexity index is 124. The molecule has 1 saturated carbocycles. The van der Waals surface area contributed by atoms with Crippen LogP contribution < -0.4 is 0 Å². The minimum atomic E-state index is 0.905. The minimum Gasteiger partial charge on any atom is -0.308 e. The molecule has 2 nitrogen and oxygen atoms in total. The van der Waals surface area contributed by atoms with Crippen molar-refractivity contribution < 1.29 is 0 Å². The van der Waals surface area contributed by atoms with Crippen molar-refractivity contribution in [2.24, 2.45) is 0 Å². The standard InChI is InChI=1S/C9H19BrN2/c1-11(2)7-8-12(6-5-10)9-3-4-9/h9H,3-8H2,1-2H3. The van der Waals surface area contributed by atoms with Crippen LogP contribution in [0.5, 0.6) is 0 Å². The molecule has 1 rings (SSSR count). The van der Waals surface area contributed by atoms with E-state index in [4.69, 9.17) is 0 Å². The Balaban J connectivity index is 2.13. The van der Waals surface area contributed by atoms with E-state index in [2.05, 4.69) is 39.8 Å². The van der Waals surface area contributed by atoms with Crippen LogP contribution in [0.4, 0.5) is 0 Å². The summed E-state index contributed by atoms with van der Waals surface area (Å²) in [6, 6.07) is 0.905. The molecule has 0 bridgehead atoms. The monoisotopic (exact) mass is 234 g/mol. The van der Waals surface area contributed by atoms with Gasteiger partial charge in [0.25, 0.3) is 0 Å². The van der Waals surface area contributed by atoms with E-state index in [9.17, 15) is 0 Å². The Morgan fingerprint density at radius 2 is 1.83 bits per heavy atom. The molecule has 3 heteroatoms. The fourth-order valence-corrected chi connectivity index (χ4v) is 1.81. The lowest BCUT2D eigenvalue weighted by molar-refractivity contribution is 0.245. The number of hydrogen-bond acceptors (Lipinski definition) is 2. The van der Waals surface area contributed by atoms with Gasteiger partial charge in [0.05, 0.1) is 0 Å². The van der Waals surface area contributed by atoms with Crippen LogP contribution in [0.3, 0.4) is 0 Å². The molecule has 1 fully saturated rings. The van der Waals surface area contributed by atoms with E-state index in [1.807, 2.05) is 0 Å². The summed E-state index contributed by atoms with van der Waals surface area (Å²) in [5.41, 5.74) is 0. The van der Waals surface area contributed by atoms with Crippen LogP contribution >= 0.6 is 15.9 Å². The fraction of sp³-hybridized carbons (Fsp3) is 1.00. The maximum atomic E-state index is 3.50. The third-order valence-corrected chi connectivity index (χ3v) is 2.62. The Morgan fingerprint density at radius 3 is 2.25 bits per heavy atom. The quantitative estimate of drug-likeness (QED) is 0.642. The van der Waals surface area contributed by atoms with Crippen LogP contribution in [0.1, 0.15) is 12.8 Å². The number of rotatable bonds is 6. The summed E-state index contributed by atoms with van der Waals surface area (Å²) in [6.07, 6.45) is 2.83. The van der Waals surface area contributed by atoms with E-state index in [1.54, 1.807) is 0 Å². The summed E-state index contributed by atoms with van der Waals surface area (Å²) in [7, 11) is 4.28. The molecule has 0 amide bonds. The number of hydrogen-bond donors (Lipinski definition) is 0. The zero-order chi connectivity index (χ0) is 8.97. The molecule has 0 radical (unpaired) electrons. The number of alkyl halides is 1. The van der Waals surface area contributed by atoms with Gasteiger partial charge in [-0.05, 0) is 26.9 Å². The Hall–Kier alpha value is 0.400. The summed E-state index contributed by atoms with van der Waals surface area (Å²) < 4.78 is 0. The number of likely N-dealkylation sites (N-methyl/N-ethyl adjacent to an activating group) is 1. The summed E-state index contributed by atoms with van der Waals surface area (Å²) in [4.78, 5) is 4.85. The lowest BCUT2D eigenvalue weighted by Crippen LogP contribution is -2.34. The maximum absolute atomic E-state index is 3.50. The molecule has 1 aliphatic carbocycles. The topological polar surface area (TPSA) is 6.48 Å². The highest BCUT2D eigenvalue weighted by atomic mass is 79.9. The van der Waals surface area contributed by atoms with Crippen molar-refractivity contribution in [3.05, 3.63) is 0 Å². The first-order chi connectivity index (χ1) is 5.74. The average molecular weight is 235 g/mol. The second kappa shape index (κ2) is 5.20. The zero-order valence-electron chi connectivity index (χ0n) is 8.09. The van der Waals surface area contributed by atoms with Crippen LogP contribution in [0.2, 0.25) is 0 Å². The molecular formula is C9H19BrN2. The molecule has 0 spiro atoms. The van der Waals surface area contributed by atoms with Gasteiger partial charge in [-0.25, -0.2) is 0 Å². The molecule has 0 N–H and O–H groups in total. The van der Waals surface area contributed by atoms with Crippen molar-refractivity contribution in [3.8, 4) is 0 Å². The summed E-state index contributed by atoms with van der Waals surface area (Å²) in [5, 5.41) is 1.11. The summed E-state index contributed by atoms with van der Waals surface area (Å²) >= 11 is 3.50. The van der Waals surface area contributed by atoms with Crippen molar-refractivity contribution in [2.75, 3.05) is 39.1 Å². The van der Waals surface area contributed by atoms with Crippen molar-refractivity contribution in [1.82, 2.24) is 9.80 Å². The molecule has 0 unspecified atom stereocenters. The summed E-state index contributed by atoms with van der Waals surface area (Å²) in [6.45, 7) is 3.62. The van der Waals surface area contributed by atoms with Crippen LogP contribution in [0, 0.1) is 0 Å². The van der Waals surface area contributed by atoms with Gasteiger partial charge >= 0.3 is 0 Å². The van der Waals surface area contributed by atoms with E-state index in [0.29, 0.717) is 0 Å². The SMILES string of the molecule is CN(C)CCN(CCBr)C1CC1. The predicted molar refractivity (Wildman–Crippen MR) is 56.9 cm³/mol. The van der Waals surface area contributed by atoms with E-state index < -0.39 is 0 Å². The second-order valence-corrected chi connectivity index (χ2v) is 4.55. The first-order valence-corrected chi connectivity index (χ1v) is 5.81. The van der Waals surface area contributed by atoms with Gasteiger partial charge in [-0.15, -0.1) is 0 Å². The fourth-order valence-electron chi connectivity index (χ4n) is 1.35. The van der Waals surface area contributed by atoms with Gasteiger partial charge in [-0.1, -0.05) is 15.9 Å². The van der Waals surface area contributed by atoms with Crippen LogP contribution in [-0.2, 0) is 0 Å². The van der Waals surface area contributed by atoms with E-state index in [0.717, 1.165) is 11.4 Å². The van der Waals surface area contributed by atoms with Gasteiger partial charge in [0.15, 0.2) is 0 Å². The largest absolute Gasteiger partial charge is 0.308 e. The van der Waals surface area contributed by atoms with Crippen molar-refractivity contribution in [1.29, 1.82) is 0 Å². The molecule has 0 heterocycles. The zero-order valence-corrected chi connectivity index (χ0v) is 9.68. The lowest BCUT2D eigenvalue weighted by Gasteiger charge is -2.22. The van der Waals surface area contributed by atoms with Gasteiger partial charge in [0.2, 0.25) is 0 Å². The Labute approximate surface area is 84.0 Å². The predicted octanol–water partition coefficient (Wildman–Crippen LogP) is 1.41. The first kappa shape index (κ1) is 10.5. The summed E-state index contributed by atoms with van der Waals surface area (Å²) in [5.74, 6) is 0. The average Bonchev–Trinajstić information content (AvgIpc) is 2.79. The van der Waals surface area contributed by atoms with Crippen molar-refractivity contribution >= 4 is 15.9 Å². The molecule has 0 aromatic rings. The molecule has 0 atom stereocenters. The van der Waals surface area contributed by atoms with Gasteiger partial charge < -0.3 is 4.90 Å². The van der Waals surface area contributed by atoms with Crippen LogP contribution in [-0.4, -0.2) is 54.9 Å². The molecule has 72 valence electrons. The smallest absolute Gasteiger partial charge is 0.0159 e. The molecule has 12 heavy (non-hydrogen) atoms. The first-order valence-electron chi connectivity index (χ1n) is 4.69. The van der Waals surface area contributed by atoms with Crippen LogP contribution in [0.15, 0.2) is 0 Å². The van der Waals surface area contributed by atoms with E-state index >= 15 is 0 Å². The Morgan fingerprint density at radius 1 is 1.17 bits per heavy atom. The Kier molecular flexibility index (Phi) is 4.54. The number of halogens is 1. The van der Waals surface area contributed by atoms with Gasteiger partial charge in [-0.3, -0.25) is 4.90 Å². The molecule has 0 aromatic carbocycles. The van der Waals surface area contributed by atoms with Gasteiger partial charge in [0.1, 0.15) is 0 Å². The maximum Gasteiger partial charge on any atom is 0.0159 e. The molecule has 0 aromatic heterocycles. The van der Waals surface area contributed by atoms with Crippen molar-refractivity contribution in [3.63, 3.8) is 0 Å². The third kappa shape index (κ3) is 3.87. The third-order valence-electron chi connectivity index (χ3n) is 2.27. The highest BCUT2D eigenvalue weighted by Crippen LogP contribution is 2.26. The van der Waals surface area contributed by atoms with E-state index in [1.165, 1.54) is 32.5 Å². The highest BCUT2D eigenvalue weighted by molar-refractivity contribution is 9.09. The number of nitrogens with zero attached hydrogens (tertiary/aromatic N) is 2. The van der Waals surface area contributed by atoms with E-state index in [-0.39, 0.29) is 0 Å².